The highest BCUT2D eigenvalue weighted by molar-refractivity contribution is 9.09. The smallest absolute Gasteiger partial charge is 0.246 e. The molecular formula is C22H28BrN3O. The van der Waals surface area contributed by atoms with Crippen LogP contribution in [0.4, 0.5) is 0 Å². The highest BCUT2D eigenvalue weighted by atomic mass is 79.9. The van der Waals surface area contributed by atoms with E-state index in [1.54, 1.807) is 0 Å². The second-order valence-corrected chi connectivity index (χ2v) is 9.65. The van der Waals surface area contributed by atoms with Gasteiger partial charge in [0.2, 0.25) is 5.91 Å². The third-order valence-electron chi connectivity index (χ3n) is 6.33. The predicted octanol–water partition coefficient (Wildman–Crippen LogP) is 4.40. The zero-order chi connectivity index (χ0) is 18.9. The summed E-state index contributed by atoms with van der Waals surface area (Å²) in [7, 11) is 0. The maximum Gasteiger partial charge on any atom is 0.246 e. The fraction of sp³-hybridized carbons (Fsp3) is 0.545. The first-order valence-corrected chi connectivity index (χ1v) is 11.0. The minimum absolute atomic E-state index is 0.0334. The van der Waals surface area contributed by atoms with Crippen LogP contribution in [0.3, 0.4) is 0 Å². The van der Waals surface area contributed by atoms with E-state index in [0.717, 1.165) is 38.8 Å². The Morgan fingerprint density at radius 1 is 1.30 bits per heavy atom. The van der Waals surface area contributed by atoms with Crippen molar-refractivity contribution in [1.29, 1.82) is 0 Å². The highest BCUT2D eigenvalue weighted by Gasteiger charge is 2.46. The summed E-state index contributed by atoms with van der Waals surface area (Å²) in [6, 6.07) is 10.3. The topological polar surface area (TPSA) is 38.1 Å². The van der Waals surface area contributed by atoms with Gasteiger partial charge in [0.05, 0.1) is 6.33 Å². The molecule has 2 aromatic rings. The molecule has 2 heterocycles. The third kappa shape index (κ3) is 3.84. The largest absolute Gasteiger partial charge is 0.340 e. The number of hydrogen-bond donors (Lipinski definition) is 0. The van der Waals surface area contributed by atoms with Gasteiger partial charge >= 0.3 is 0 Å². The highest BCUT2D eigenvalue weighted by Crippen LogP contribution is 2.48. The average molecular weight is 430 g/mol. The van der Waals surface area contributed by atoms with Gasteiger partial charge in [0.1, 0.15) is 6.04 Å². The molecule has 1 saturated carbocycles. The third-order valence-corrected chi connectivity index (χ3v) is 7.12. The van der Waals surface area contributed by atoms with Gasteiger partial charge in [-0.15, -0.1) is 0 Å². The van der Waals surface area contributed by atoms with Crippen LogP contribution in [0.1, 0.15) is 49.9 Å². The maximum absolute atomic E-state index is 13.7. The Morgan fingerprint density at radius 2 is 2.11 bits per heavy atom. The molecule has 4 rings (SSSR count). The van der Waals surface area contributed by atoms with Crippen molar-refractivity contribution in [2.45, 2.75) is 56.3 Å². The lowest BCUT2D eigenvalue weighted by molar-refractivity contribution is -0.138. The predicted molar refractivity (Wildman–Crippen MR) is 111 cm³/mol. The number of nitrogens with zero attached hydrogens (tertiary/aromatic N) is 3. The molecule has 27 heavy (non-hydrogen) atoms. The monoisotopic (exact) mass is 429 g/mol. The number of rotatable bonds is 4. The molecule has 4 nitrogen and oxygen atoms in total. The van der Waals surface area contributed by atoms with Crippen molar-refractivity contribution >= 4 is 21.8 Å². The van der Waals surface area contributed by atoms with Gasteiger partial charge in [0.15, 0.2) is 0 Å². The van der Waals surface area contributed by atoms with E-state index in [4.69, 9.17) is 0 Å². The molecule has 0 N–H and O–H groups in total. The SMILES string of the molecule is CC1(C2C(=O)N(CCc3ccccc3)CCc3cncn32)CCCC(Br)C1. The fourth-order valence-corrected chi connectivity index (χ4v) is 5.92. The lowest BCUT2D eigenvalue weighted by Gasteiger charge is -2.43. The number of halogens is 1. The Bertz CT molecular complexity index is 790. The van der Waals surface area contributed by atoms with Crippen molar-refractivity contribution in [3.05, 3.63) is 54.1 Å². The van der Waals surface area contributed by atoms with Gasteiger partial charge in [-0.05, 0) is 36.7 Å². The van der Waals surface area contributed by atoms with Crippen LogP contribution in [0.5, 0.6) is 0 Å². The van der Waals surface area contributed by atoms with Gasteiger partial charge in [0.25, 0.3) is 0 Å². The molecule has 5 heteroatoms. The van der Waals surface area contributed by atoms with E-state index >= 15 is 0 Å². The van der Waals surface area contributed by atoms with Crippen LogP contribution < -0.4 is 0 Å². The van der Waals surface area contributed by atoms with Crippen LogP contribution in [0, 0.1) is 5.41 Å². The summed E-state index contributed by atoms with van der Waals surface area (Å²) >= 11 is 3.83. The standard InChI is InChI=1S/C22H28BrN3O/c1-22(11-5-8-18(23)14-22)20-21(27)25(12-9-17-6-3-2-4-7-17)13-10-19-15-24-16-26(19)20/h2-4,6-7,15-16,18,20H,5,8-14H2,1H3. The van der Waals surface area contributed by atoms with Gasteiger partial charge in [0, 0.05) is 36.2 Å². The summed E-state index contributed by atoms with van der Waals surface area (Å²) in [6.07, 6.45) is 10.1. The average Bonchev–Trinajstić information content (AvgIpc) is 3.05. The zero-order valence-corrected chi connectivity index (χ0v) is 17.6. The summed E-state index contributed by atoms with van der Waals surface area (Å²) in [4.78, 5) is 20.7. The van der Waals surface area contributed by atoms with E-state index in [0.29, 0.717) is 4.83 Å². The molecule has 3 unspecified atom stereocenters. The molecule has 1 aliphatic carbocycles. The Morgan fingerprint density at radius 3 is 2.89 bits per heavy atom. The van der Waals surface area contributed by atoms with E-state index in [1.165, 1.54) is 24.1 Å². The first-order valence-electron chi connectivity index (χ1n) is 10.0. The number of imidazole rings is 1. The molecule has 3 atom stereocenters. The Balaban J connectivity index is 1.60. The second-order valence-electron chi connectivity index (χ2n) is 8.35. The van der Waals surface area contributed by atoms with Crippen LogP contribution in [-0.2, 0) is 17.6 Å². The second kappa shape index (κ2) is 7.78. The lowest BCUT2D eigenvalue weighted by Crippen LogP contribution is -2.45. The summed E-state index contributed by atoms with van der Waals surface area (Å²) in [5.41, 5.74) is 2.44. The number of benzene rings is 1. The minimum atomic E-state index is -0.145. The molecule has 2 aliphatic rings. The molecular weight excluding hydrogens is 402 g/mol. The van der Waals surface area contributed by atoms with Crippen molar-refractivity contribution in [2.75, 3.05) is 13.1 Å². The zero-order valence-electron chi connectivity index (χ0n) is 16.0. The molecule has 0 saturated heterocycles. The van der Waals surface area contributed by atoms with Crippen LogP contribution >= 0.6 is 15.9 Å². The lowest BCUT2D eigenvalue weighted by atomic mass is 9.70. The van der Waals surface area contributed by atoms with Gasteiger partial charge in [-0.1, -0.05) is 59.6 Å². The van der Waals surface area contributed by atoms with Crippen molar-refractivity contribution < 1.29 is 4.79 Å². The number of aromatic nitrogens is 2. The minimum Gasteiger partial charge on any atom is -0.340 e. The number of carbonyl (C=O) groups is 1. The van der Waals surface area contributed by atoms with Crippen molar-refractivity contribution in [3.8, 4) is 0 Å². The quantitative estimate of drug-likeness (QED) is 0.675. The van der Waals surface area contributed by atoms with Gasteiger partial charge in [-0.2, -0.15) is 0 Å². The first kappa shape index (κ1) is 18.7. The summed E-state index contributed by atoms with van der Waals surface area (Å²) in [6.45, 7) is 3.86. The van der Waals surface area contributed by atoms with Crippen LogP contribution in [0.15, 0.2) is 42.9 Å². The summed E-state index contributed by atoms with van der Waals surface area (Å²) in [5.74, 6) is 0.270. The first-order chi connectivity index (χ1) is 13.1. The van der Waals surface area contributed by atoms with E-state index in [2.05, 4.69) is 61.6 Å². The molecule has 1 aromatic heterocycles. The maximum atomic E-state index is 13.7. The number of fused-ring (bicyclic) bond motifs is 1. The van der Waals surface area contributed by atoms with Crippen molar-refractivity contribution in [2.24, 2.45) is 5.41 Å². The molecule has 0 radical (unpaired) electrons. The fourth-order valence-electron chi connectivity index (χ4n) is 4.86. The number of alkyl halides is 1. The molecule has 1 fully saturated rings. The van der Waals surface area contributed by atoms with E-state index < -0.39 is 0 Å². The van der Waals surface area contributed by atoms with Gasteiger partial charge in [-0.3, -0.25) is 4.79 Å². The normalized spacial score (nSPS) is 28.7. The van der Waals surface area contributed by atoms with Crippen LogP contribution in [0.2, 0.25) is 0 Å². The van der Waals surface area contributed by atoms with E-state index in [9.17, 15) is 4.79 Å². The van der Waals surface area contributed by atoms with E-state index in [-0.39, 0.29) is 17.4 Å². The van der Waals surface area contributed by atoms with Crippen molar-refractivity contribution in [3.63, 3.8) is 0 Å². The molecule has 0 bridgehead atoms. The molecule has 144 valence electrons. The molecule has 1 amide bonds. The Kier molecular flexibility index (Phi) is 5.40. The molecule has 0 spiro atoms. The molecule has 1 aromatic carbocycles. The number of carbonyl (C=O) groups excluding carboxylic acids is 1. The Hall–Kier alpha value is -1.62. The summed E-state index contributed by atoms with van der Waals surface area (Å²) in [5, 5.41) is 0. The van der Waals surface area contributed by atoms with Crippen LogP contribution in [0.25, 0.3) is 0 Å². The van der Waals surface area contributed by atoms with Gasteiger partial charge in [-0.25, -0.2) is 4.98 Å². The number of hydrogen-bond acceptors (Lipinski definition) is 2. The van der Waals surface area contributed by atoms with E-state index in [1.807, 2.05) is 18.6 Å². The van der Waals surface area contributed by atoms with Crippen molar-refractivity contribution in [1.82, 2.24) is 14.5 Å². The molecule has 1 aliphatic heterocycles. The summed E-state index contributed by atoms with van der Waals surface area (Å²) < 4.78 is 2.18. The van der Waals surface area contributed by atoms with Gasteiger partial charge < -0.3 is 9.47 Å². The van der Waals surface area contributed by atoms with Crippen LogP contribution in [-0.4, -0.2) is 38.3 Å². The Labute approximate surface area is 170 Å². The number of amides is 1.